The summed E-state index contributed by atoms with van der Waals surface area (Å²) < 4.78 is 18.7. The van der Waals surface area contributed by atoms with Crippen LogP contribution in [-0.2, 0) is 13.1 Å². The Morgan fingerprint density at radius 1 is 1.03 bits per heavy atom. The van der Waals surface area contributed by atoms with E-state index in [1.807, 2.05) is 24.3 Å². The predicted molar refractivity (Wildman–Crippen MR) is 124 cm³/mol. The summed E-state index contributed by atoms with van der Waals surface area (Å²) in [6.07, 6.45) is 1.68. The molecule has 1 heterocycles. The smallest absolute Gasteiger partial charge is 0.219 e. The molecule has 0 aliphatic heterocycles. The number of pyridine rings is 1. The first-order valence-corrected chi connectivity index (χ1v) is 9.01. The fraction of sp³-hybridized carbons (Fsp3) is 0.182. The lowest BCUT2D eigenvalue weighted by molar-refractivity contribution is 0.460. The Balaban J connectivity index is 0.00000300. The molecule has 0 aliphatic carbocycles. The number of aliphatic imine (C=N–C) groups is 1. The SMILES string of the molecule is CN=C(NCc1ccnc(Oc2ccc(F)cc2)c1)NCc1ccccc1C.I. The van der Waals surface area contributed by atoms with Gasteiger partial charge in [0.25, 0.3) is 0 Å². The van der Waals surface area contributed by atoms with E-state index in [1.165, 1.54) is 23.3 Å². The molecule has 0 amide bonds. The molecule has 0 atom stereocenters. The van der Waals surface area contributed by atoms with Gasteiger partial charge in [-0.05, 0) is 53.9 Å². The van der Waals surface area contributed by atoms with Gasteiger partial charge in [0, 0.05) is 32.4 Å². The van der Waals surface area contributed by atoms with Gasteiger partial charge in [-0.3, -0.25) is 4.99 Å². The van der Waals surface area contributed by atoms with E-state index in [0.29, 0.717) is 30.7 Å². The maximum atomic E-state index is 13.0. The molecular weight excluding hydrogens is 482 g/mol. The van der Waals surface area contributed by atoms with Crippen LogP contribution in [0.4, 0.5) is 4.39 Å². The molecule has 0 saturated heterocycles. The highest BCUT2D eigenvalue weighted by molar-refractivity contribution is 14.0. The van der Waals surface area contributed by atoms with Crippen molar-refractivity contribution in [1.82, 2.24) is 15.6 Å². The van der Waals surface area contributed by atoms with Crippen LogP contribution in [0.15, 0.2) is 71.9 Å². The molecule has 0 aliphatic rings. The fourth-order valence-electron chi connectivity index (χ4n) is 2.63. The molecule has 0 unspecified atom stereocenters. The second kappa shape index (κ2) is 11.4. The maximum Gasteiger partial charge on any atom is 0.219 e. The molecular formula is C22H24FIN4O. The van der Waals surface area contributed by atoms with E-state index >= 15 is 0 Å². The Morgan fingerprint density at radius 2 is 1.76 bits per heavy atom. The number of rotatable bonds is 6. The van der Waals surface area contributed by atoms with Gasteiger partial charge in [0.05, 0.1) is 0 Å². The van der Waals surface area contributed by atoms with E-state index in [9.17, 15) is 4.39 Å². The molecule has 0 fully saturated rings. The summed E-state index contributed by atoms with van der Waals surface area (Å²) in [5.41, 5.74) is 3.46. The van der Waals surface area contributed by atoms with Gasteiger partial charge >= 0.3 is 0 Å². The van der Waals surface area contributed by atoms with Crippen molar-refractivity contribution in [2.45, 2.75) is 20.0 Å². The van der Waals surface area contributed by atoms with Crippen LogP contribution in [0, 0.1) is 12.7 Å². The third-order valence-electron chi connectivity index (χ3n) is 4.23. The zero-order chi connectivity index (χ0) is 19.8. The van der Waals surface area contributed by atoms with Gasteiger partial charge in [-0.25, -0.2) is 9.37 Å². The van der Waals surface area contributed by atoms with E-state index in [2.05, 4.69) is 39.7 Å². The van der Waals surface area contributed by atoms with E-state index in [-0.39, 0.29) is 29.8 Å². The molecule has 0 spiro atoms. The standard InChI is InChI=1S/C22H23FN4O.HI/c1-16-5-3-4-6-18(16)15-27-22(24-2)26-14-17-11-12-25-21(13-17)28-20-9-7-19(23)8-10-20;/h3-13H,14-15H2,1-2H3,(H2,24,26,27);1H. The molecule has 0 radical (unpaired) electrons. The van der Waals surface area contributed by atoms with Crippen LogP contribution in [0.2, 0.25) is 0 Å². The molecule has 3 aromatic rings. The highest BCUT2D eigenvalue weighted by atomic mass is 127. The van der Waals surface area contributed by atoms with Gasteiger partial charge in [-0.2, -0.15) is 0 Å². The highest BCUT2D eigenvalue weighted by Gasteiger charge is 2.04. The molecule has 7 heteroatoms. The number of hydrogen-bond donors (Lipinski definition) is 2. The van der Waals surface area contributed by atoms with Crippen molar-refractivity contribution in [3.05, 3.63) is 89.4 Å². The molecule has 152 valence electrons. The first-order chi connectivity index (χ1) is 13.6. The Morgan fingerprint density at radius 3 is 2.48 bits per heavy atom. The number of guanidine groups is 1. The Labute approximate surface area is 187 Å². The van der Waals surface area contributed by atoms with E-state index in [4.69, 9.17) is 4.74 Å². The number of aryl methyl sites for hydroxylation is 1. The van der Waals surface area contributed by atoms with Crippen LogP contribution in [0.1, 0.15) is 16.7 Å². The van der Waals surface area contributed by atoms with Crippen LogP contribution in [0.25, 0.3) is 0 Å². The topological polar surface area (TPSA) is 58.5 Å². The minimum atomic E-state index is -0.303. The normalized spacial score (nSPS) is 10.8. The van der Waals surface area contributed by atoms with Crippen molar-refractivity contribution < 1.29 is 9.13 Å². The lowest BCUT2D eigenvalue weighted by Gasteiger charge is -2.13. The fourth-order valence-corrected chi connectivity index (χ4v) is 2.63. The minimum absolute atomic E-state index is 0. The summed E-state index contributed by atoms with van der Waals surface area (Å²) in [6.45, 7) is 3.35. The van der Waals surface area contributed by atoms with Gasteiger partial charge in [-0.15, -0.1) is 24.0 Å². The first kappa shape index (κ1) is 22.6. The minimum Gasteiger partial charge on any atom is -0.439 e. The van der Waals surface area contributed by atoms with Crippen molar-refractivity contribution in [3.63, 3.8) is 0 Å². The molecule has 0 bridgehead atoms. The van der Waals surface area contributed by atoms with Crippen molar-refractivity contribution in [1.29, 1.82) is 0 Å². The average Bonchev–Trinajstić information content (AvgIpc) is 2.71. The average molecular weight is 506 g/mol. The van der Waals surface area contributed by atoms with Crippen molar-refractivity contribution in [3.8, 4) is 11.6 Å². The van der Waals surface area contributed by atoms with Gasteiger partial charge < -0.3 is 15.4 Å². The number of aromatic nitrogens is 1. The third-order valence-corrected chi connectivity index (χ3v) is 4.23. The summed E-state index contributed by atoms with van der Waals surface area (Å²) >= 11 is 0. The molecule has 0 saturated carbocycles. The van der Waals surface area contributed by atoms with Crippen molar-refractivity contribution in [2.24, 2.45) is 4.99 Å². The van der Waals surface area contributed by atoms with E-state index < -0.39 is 0 Å². The Bertz CT molecular complexity index is 948. The summed E-state index contributed by atoms with van der Waals surface area (Å²) in [5.74, 6) is 1.40. The number of ether oxygens (including phenoxy) is 1. The summed E-state index contributed by atoms with van der Waals surface area (Å²) in [7, 11) is 1.74. The van der Waals surface area contributed by atoms with Crippen LogP contribution in [0.3, 0.4) is 0 Å². The zero-order valence-electron chi connectivity index (χ0n) is 16.4. The number of nitrogens with zero attached hydrogens (tertiary/aromatic N) is 2. The van der Waals surface area contributed by atoms with Crippen molar-refractivity contribution in [2.75, 3.05) is 7.05 Å². The second-order valence-corrected chi connectivity index (χ2v) is 6.26. The van der Waals surface area contributed by atoms with Crippen LogP contribution < -0.4 is 15.4 Å². The molecule has 2 N–H and O–H groups in total. The van der Waals surface area contributed by atoms with Crippen LogP contribution in [-0.4, -0.2) is 18.0 Å². The Hall–Kier alpha value is -2.68. The highest BCUT2D eigenvalue weighted by Crippen LogP contribution is 2.20. The maximum absolute atomic E-state index is 13.0. The second-order valence-electron chi connectivity index (χ2n) is 6.26. The lowest BCUT2D eigenvalue weighted by atomic mass is 10.1. The number of nitrogens with one attached hydrogen (secondary N) is 2. The predicted octanol–water partition coefficient (Wildman–Crippen LogP) is 4.80. The van der Waals surface area contributed by atoms with Crippen LogP contribution >= 0.6 is 24.0 Å². The van der Waals surface area contributed by atoms with Gasteiger partial charge in [0.1, 0.15) is 11.6 Å². The molecule has 5 nitrogen and oxygen atoms in total. The summed E-state index contributed by atoms with van der Waals surface area (Å²) in [4.78, 5) is 8.46. The quantitative estimate of drug-likeness (QED) is 0.287. The van der Waals surface area contributed by atoms with E-state index in [0.717, 1.165) is 5.56 Å². The number of halogens is 2. The molecule has 3 rings (SSSR count). The van der Waals surface area contributed by atoms with E-state index in [1.54, 1.807) is 25.4 Å². The lowest BCUT2D eigenvalue weighted by Crippen LogP contribution is -2.36. The van der Waals surface area contributed by atoms with Gasteiger partial charge in [-0.1, -0.05) is 24.3 Å². The monoisotopic (exact) mass is 506 g/mol. The van der Waals surface area contributed by atoms with Crippen molar-refractivity contribution >= 4 is 29.9 Å². The Kier molecular flexibility index (Phi) is 8.85. The largest absolute Gasteiger partial charge is 0.439 e. The zero-order valence-corrected chi connectivity index (χ0v) is 18.7. The summed E-state index contributed by atoms with van der Waals surface area (Å²) in [6, 6.07) is 17.8. The van der Waals surface area contributed by atoms with Gasteiger partial charge in [0.2, 0.25) is 5.88 Å². The summed E-state index contributed by atoms with van der Waals surface area (Å²) in [5, 5.41) is 6.59. The molecule has 1 aromatic heterocycles. The van der Waals surface area contributed by atoms with Crippen LogP contribution in [0.5, 0.6) is 11.6 Å². The molecule has 2 aromatic carbocycles. The van der Waals surface area contributed by atoms with Gasteiger partial charge in [0.15, 0.2) is 5.96 Å². The number of hydrogen-bond acceptors (Lipinski definition) is 3. The molecule has 29 heavy (non-hydrogen) atoms. The number of benzene rings is 2. The third kappa shape index (κ3) is 7.01. The first-order valence-electron chi connectivity index (χ1n) is 9.01.